The van der Waals surface area contributed by atoms with Gasteiger partial charge >= 0.3 is 6.03 Å². The zero-order valence-corrected chi connectivity index (χ0v) is 12.0. The first-order valence-electron chi connectivity index (χ1n) is 7.23. The molecule has 0 radical (unpaired) electrons. The summed E-state index contributed by atoms with van der Waals surface area (Å²) in [5.74, 6) is -0.149. The van der Waals surface area contributed by atoms with Crippen molar-refractivity contribution in [2.45, 2.75) is 25.4 Å². The molecule has 1 fully saturated rings. The molecule has 1 aliphatic carbocycles. The van der Waals surface area contributed by atoms with Crippen molar-refractivity contribution in [3.8, 4) is 5.75 Å². The Morgan fingerprint density at radius 2 is 1.95 bits per heavy atom. The maximum atomic E-state index is 12.9. The minimum Gasteiger partial charge on any atom is -0.508 e. The molecule has 0 heterocycles. The Morgan fingerprint density at radius 1 is 1.23 bits per heavy atom. The zero-order chi connectivity index (χ0) is 15.5. The smallest absolute Gasteiger partial charge is 0.322 e. The summed E-state index contributed by atoms with van der Waals surface area (Å²) in [6.45, 7) is 0.437. The highest BCUT2D eigenvalue weighted by Crippen LogP contribution is 2.29. The molecular weight excluding hydrogens is 283 g/mol. The largest absolute Gasteiger partial charge is 0.508 e. The number of carbonyl (C=O) groups is 1. The minimum atomic E-state index is -0.336. The van der Waals surface area contributed by atoms with E-state index in [2.05, 4.69) is 5.32 Å². The molecule has 2 aromatic carbocycles. The van der Waals surface area contributed by atoms with Crippen LogP contribution < -0.4 is 5.32 Å². The first-order chi connectivity index (χ1) is 10.6. The number of benzene rings is 2. The summed E-state index contributed by atoms with van der Waals surface area (Å²) in [4.78, 5) is 14.2. The molecule has 5 heteroatoms. The number of carbonyl (C=O) groups excluding carboxylic acids is 1. The number of hydrogen-bond acceptors (Lipinski definition) is 2. The molecule has 0 bridgehead atoms. The molecule has 2 amide bonds. The minimum absolute atomic E-state index is 0.187. The number of nitrogens with one attached hydrogen (secondary N) is 1. The summed E-state index contributed by atoms with van der Waals surface area (Å²) in [6.07, 6.45) is 1.96. The number of hydrogen-bond donors (Lipinski definition) is 2. The topological polar surface area (TPSA) is 52.6 Å². The van der Waals surface area contributed by atoms with Crippen molar-refractivity contribution < 1.29 is 14.3 Å². The summed E-state index contributed by atoms with van der Waals surface area (Å²) >= 11 is 0. The van der Waals surface area contributed by atoms with Crippen LogP contribution in [0.25, 0.3) is 0 Å². The third kappa shape index (κ3) is 3.55. The average Bonchev–Trinajstić information content (AvgIpc) is 3.32. The van der Waals surface area contributed by atoms with Gasteiger partial charge in [-0.15, -0.1) is 0 Å². The quantitative estimate of drug-likeness (QED) is 0.904. The van der Waals surface area contributed by atoms with Gasteiger partial charge in [-0.1, -0.05) is 12.1 Å². The van der Waals surface area contributed by atoms with Crippen LogP contribution in [0.4, 0.5) is 14.9 Å². The molecule has 1 aliphatic rings. The molecular formula is C17H17FN2O2. The van der Waals surface area contributed by atoms with Crippen LogP contribution >= 0.6 is 0 Å². The van der Waals surface area contributed by atoms with E-state index in [9.17, 15) is 14.3 Å². The van der Waals surface area contributed by atoms with Gasteiger partial charge in [0.25, 0.3) is 0 Å². The summed E-state index contributed by atoms with van der Waals surface area (Å²) < 4.78 is 12.9. The van der Waals surface area contributed by atoms with E-state index in [-0.39, 0.29) is 23.6 Å². The van der Waals surface area contributed by atoms with E-state index >= 15 is 0 Å². The van der Waals surface area contributed by atoms with Crippen molar-refractivity contribution in [3.63, 3.8) is 0 Å². The van der Waals surface area contributed by atoms with Crippen molar-refractivity contribution in [2.24, 2.45) is 0 Å². The van der Waals surface area contributed by atoms with Gasteiger partial charge in [0.1, 0.15) is 11.6 Å². The first-order valence-corrected chi connectivity index (χ1v) is 7.23. The fourth-order valence-corrected chi connectivity index (χ4v) is 2.33. The Kier molecular flexibility index (Phi) is 3.96. The van der Waals surface area contributed by atoms with Gasteiger partial charge in [0, 0.05) is 18.3 Å². The Labute approximate surface area is 128 Å². The van der Waals surface area contributed by atoms with Crippen LogP contribution in [0.1, 0.15) is 18.4 Å². The SMILES string of the molecule is O=C(Nc1ccc(F)cc1)N(Cc1cccc(O)c1)C1CC1. The first kappa shape index (κ1) is 14.4. The number of nitrogens with zero attached hydrogens (tertiary/aromatic N) is 1. The van der Waals surface area contributed by atoms with Crippen LogP contribution in [0.3, 0.4) is 0 Å². The van der Waals surface area contributed by atoms with Gasteiger partial charge in [0.05, 0.1) is 0 Å². The van der Waals surface area contributed by atoms with E-state index in [1.807, 2.05) is 6.07 Å². The normalized spacial score (nSPS) is 13.7. The number of rotatable bonds is 4. The van der Waals surface area contributed by atoms with Crippen LogP contribution in [-0.2, 0) is 6.54 Å². The molecule has 2 aromatic rings. The number of aromatic hydroxyl groups is 1. The lowest BCUT2D eigenvalue weighted by molar-refractivity contribution is 0.206. The van der Waals surface area contributed by atoms with Gasteiger partial charge in [-0.2, -0.15) is 0 Å². The molecule has 3 rings (SSSR count). The second-order valence-corrected chi connectivity index (χ2v) is 5.47. The lowest BCUT2D eigenvalue weighted by Crippen LogP contribution is -2.36. The van der Waals surface area contributed by atoms with Gasteiger partial charge in [-0.25, -0.2) is 9.18 Å². The lowest BCUT2D eigenvalue weighted by atomic mass is 10.2. The number of urea groups is 1. The van der Waals surface area contributed by atoms with Crippen LogP contribution in [0.5, 0.6) is 5.75 Å². The molecule has 0 aromatic heterocycles. The molecule has 0 spiro atoms. The van der Waals surface area contributed by atoms with Gasteiger partial charge in [-0.3, -0.25) is 0 Å². The maximum absolute atomic E-state index is 12.9. The number of halogens is 1. The molecule has 0 unspecified atom stereocenters. The third-order valence-corrected chi connectivity index (χ3v) is 3.61. The summed E-state index contributed by atoms with van der Waals surface area (Å²) in [5.41, 5.74) is 1.44. The number of amides is 2. The highest BCUT2D eigenvalue weighted by Gasteiger charge is 2.32. The molecule has 0 saturated heterocycles. The molecule has 4 nitrogen and oxygen atoms in total. The van der Waals surface area contributed by atoms with Crippen molar-refractivity contribution >= 4 is 11.7 Å². The van der Waals surface area contributed by atoms with Gasteiger partial charge in [0.2, 0.25) is 0 Å². The number of phenolic OH excluding ortho intramolecular Hbond substituents is 1. The van der Waals surface area contributed by atoms with E-state index in [1.54, 1.807) is 23.1 Å². The molecule has 0 atom stereocenters. The predicted octanol–water partition coefficient (Wildman–Crippen LogP) is 3.73. The summed E-state index contributed by atoms with van der Waals surface area (Å²) in [7, 11) is 0. The lowest BCUT2D eigenvalue weighted by Gasteiger charge is -2.23. The third-order valence-electron chi connectivity index (χ3n) is 3.61. The predicted molar refractivity (Wildman–Crippen MR) is 82.1 cm³/mol. The molecule has 2 N–H and O–H groups in total. The van der Waals surface area contributed by atoms with E-state index in [4.69, 9.17) is 0 Å². The standard InChI is InChI=1S/C17H17FN2O2/c18-13-4-6-14(7-5-13)19-17(22)20(15-8-9-15)11-12-2-1-3-16(21)10-12/h1-7,10,15,21H,8-9,11H2,(H,19,22). The van der Waals surface area contributed by atoms with E-state index < -0.39 is 0 Å². The molecule has 0 aliphatic heterocycles. The number of phenols is 1. The fourth-order valence-electron chi connectivity index (χ4n) is 2.33. The van der Waals surface area contributed by atoms with Gasteiger partial charge in [-0.05, 0) is 54.8 Å². The van der Waals surface area contributed by atoms with Crippen molar-refractivity contribution in [2.75, 3.05) is 5.32 Å². The van der Waals surface area contributed by atoms with E-state index in [0.29, 0.717) is 12.2 Å². The van der Waals surface area contributed by atoms with Crippen LogP contribution in [0.2, 0.25) is 0 Å². The van der Waals surface area contributed by atoms with Gasteiger partial charge in [0.15, 0.2) is 0 Å². The van der Waals surface area contributed by atoms with Crippen molar-refractivity contribution in [1.29, 1.82) is 0 Å². The Hall–Kier alpha value is -2.56. The Morgan fingerprint density at radius 3 is 2.59 bits per heavy atom. The van der Waals surface area contributed by atoms with E-state index in [1.165, 1.54) is 24.3 Å². The Balaban J connectivity index is 1.70. The zero-order valence-electron chi connectivity index (χ0n) is 12.0. The second-order valence-electron chi connectivity index (χ2n) is 5.47. The Bertz CT molecular complexity index is 669. The van der Waals surface area contributed by atoms with Crippen LogP contribution in [0, 0.1) is 5.82 Å². The van der Waals surface area contributed by atoms with E-state index in [0.717, 1.165) is 18.4 Å². The van der Waals surface area contributed by atoms with Crippen molar-refractivity contribution in [1.82, 2.24) is 4.90 Å². The van der Waals surface area contributed by atoms with Crippen LogP contribution in [0.15, 0.2) is 48.5 Å². The molecule has 22 heavy (non-hydrogen) atoms. The average molecular weight is 300 g/mol. The monoisotopic (exact) mass is 300 g/mol. The highest BCUT2D eigenvalue weighted by atomic mass is 19.1. The van der Waals surface area contributed by atoms with Crippen LogP contribution in [-0.4, -0.2) is 22.1 Å². The number of anilines is 1. The molecule has 1 saturated carbocycles. The van der Waals surface area contributed by atoms with Crippen molar-refractivity contribution in [3.05, 3.63) is 59.9 Å². The molecule has 114 valence electrons. The fraction of sp³-hybridized carbons (Fsp3) is 0.235. The van der Waals surface area contributed by atoms with Gasteiger partial charge < -0.3 is 15.3 Å². The summed E-state index contributed by atoms with van der Waals surface area (Å²) in [6, 6.07) is 12.6. The second kappa shape index (κ2) is 6.05. The maximum Gasteiger partial charge on any atom is 0.322 e. The summed E-state index contributed by atoms with van der Waals surface area (Å²) in [5, 5.41) is 12.3. The highest BCUT2D eigenvalue weighted by molar-refractivity contribution is 5.89.